The van der Waals surface area contributed by atoms with Crippen LogP contribution in [0.4, 0.5) is 0 Å². The summed E-state index contributed by atoms with van der Waals surface area (Å²) in [6, 6.07) is 8.96. The number of hydrogen-bond acceptors (Lipinski definition) is 2. The first-order chi connectivity index (χ1) is 9.50. The van der Waals surface area contributed by atoms with E-state index in [9.17, 15) is 0 Å². The monoisotopic (exact) mass is 295 g/mol. The standard InChI is InChI=1S/C17H26ClNO/c1-17(2,8-9-20-3)12-19-16-10-14(11-16)13-4-6-15(18)7-5-13/h4-7,14,16,19H,8-12H2,1-3H3. The van der Waals surface area contributed by atoms with Crippen LogP contribution in [0.25, 0.3) is 0 Å². The van der Waals surface area contributed by atoms with Gasteiger partial charge in [-0.05, 0) is 48.3 Å². The smallest absolute Gasteiger partial charge is 0.0467 e. The minimum atomic E-state index is 0.307. The summed E-state index contributed by atoms with van der Waals surface area (Å²) in [7, 11) is 1.77. The quantitative estimate of drug-likeness (QED) is 0.812. The molecule has 112 valence electrons. The van der Waals surface area contributed by atoms with Gasteiger partial charge in [0.2, 0.25) is 0 Å². The van der Waals surface area contributed by atoms with Crippen LogP contribution in [-0.2, 0) is 4.74 Å². The molecule has 1 saturated carbocycles. The lowest BCUT2D eigenvalue weighted by Crippen LogP contribution is -2.44. The molecule has 0 heterocycles. The molecular weight excluding hydrogens is 270 g/mol. The van der Waals surface area contributed by atoms with Crippen LogP contribution in [-0.4, -0.2) is 26.3 Å². The number of halogens is 1. The number of hydrogen-bond donors (Lipinski definition) is 1. The molecule has 2 nitrogen and oxygen atoms in total. The first-order valence-electron chi connectivity index (χ1n) is 7.48. The third-order valence-corrected chi connectivity index (χ3v) is 4.58. The summed E-state index contributed by atoms with van der Waals surface area (Å²) in [6.07, 6.45) is 3.58. The number of benzene rings is 1. The van der Waals surface area contributed by atoms with Gasteiger partial charge >= 0.3 is 0 Å². The Morgan fingerprint density at radius 1 is 1.25 bits per heavy atom. The Balaban J connectivity index is 1.70. The summed E-state index contributed by atoms with van der Waals surface area (Å²) < 4.78 is 5.17. The molecule has 0 saturated heterocycles. The number of rotatable bonds is 7. The average Bonchev–Trinajstić information content (AvgIpc) is 2.36. The average molecular weight is 296 g/mol. The molecule has 0 unspecified atom stereocenters. The van der Waals surface area contributed by atoms with Gasteiger partial charge in [-0.3, -0.25) is 0 Å². The fourth-order valence-corrected chi connectivity index (χ4v) is 2.80. The van der Waals surface area contributed by atoms with Gasteiger partial charge in [0, 0.05) is 31.3 Å². The van der Waals surface area contributed by atoms with Gasteiger partial charge in [-0.15, -0.1) is 0 Å². The van der Waals surface area contributed by atoms with E-state index < -0.39 is 0 Å². The largest absolute Gasteiger partial charge is 0.385 e. The third kappa shape index (κ3) is 4.47. The predicted octanol–water partition coefficient (Wildman–Crippen LogP) is 4.24. The van der Waals surface area contributed by atoms with E-state index in [1.807, 2.05) is 12.1 Å². The van der Waals surface area contributed by atoms with E-state index in [-0.39, 0.29) is 0 Å². The van der Waals surface area contributed by atoms with Crippen LogP contribution in [0.5, 0.6) is 0 Å². The predicted molar refractivity (Wildman–Crippen MR) is 85.5 cm³/mol. The second-order valence-corrected chi connectivity index (χ2v) is 7.14. The van der Waals surface area contributed by atoms with Crippen molar-refractivity contribution in [2.45, 2.75) is 45.1 Å². The minimum absolute atomic E-state index is 0.307. The number of nitrogens with one attached hydrogen (secondary N) is 1. The van der Waals surface area contributed by atoms with Crippen LogP contribution in [0.15, 0.2) is 24.3 Å². The second-order valence-electron chi connectivity index (χ2n) is 6.70. The Labute approximate surface area is 127 Å². The lowest BCUT2D eigenvalue weighted by atomic mass is 9.75. The fraction of sp³-hybridized carbons (Fsp3) is 0.647. The van der Waals surface area contributed by atoms with Crippen molar-refractivity contribution < 1.29 is 4.74 Å². The highest BCUT2D eigenvalue weighted by molar-refractivity contribution is 6.30. The van der Waals surface area contributed by atoms with Gasteiger partial charge in [0.25, 0.3) is 0 Å². The van der Waals surface area contributed by atoms with Crippen molar-refractivity contribution in [1.82, 2.24) is 5.32 Å². The van der Waals surface area contributed by atoms with Gasteiger partial charge in [0.05, 0.1) is 0 Å². The van der Waals surface area contributed by atoms with Crippen LogP contribution in [0.3, 0.4) is 0 Å². The summed E-state index contributed by atoms with van der Waals surface area (Å²) in [5.74, 6) is 0.701. The highest BCUT2D eigenvalue weighted by Crippen LogP contribution is 2.37. The Morgan fingerprint density at radius 2 is 1.90 bits per heavy atom. The molecule has 1 aliphatic rings. The summed E-state index contributed by atoms with van der Waals surface area (Å²) in [4.78, 5) is 0. The lowest BCUT2D eigenvalue weighted by molar-refractivity contribution is 0.144. The van der Waals surface area contributed by atoms with Gasteiger partial charge in [-0.2, -0.15) is 0 Å². The Hall–Kier alpha value is -0.570. The summed E-state index contributed by atoms with van der Waals surface area (Å²) in [6.45, 7) is 6.50. The number of methoxy groups -OCH3 is 1. The van der Waals surface area contributed by atoms with E-state index in [1.54, 1.807) is 7.11 Å². The number of ether oxygens (including phenoxy) is 1. The summed E-state index contributed by atoms with van der Waals surface area (Å²) in [5.41, 5.74) is 1.73. The van der Waals surface area contributed by atoms with Crippen molar-refractivity contribution in [1.29, 1.82) is 0 Å². The highest BCUT2D eigenvalue weighted by Gasteiger charge is 2.31. The molecule has 1 aromatic carbocycles. The molecule has 0 bridgehead atoms. The Kier molecular flexibility index (Phi) is 5.48. The molecule has 1 fully saturated rings. The zero-order valence-corrected chi connectivity index (χ0v) is 13.5. The first kappa shape index (κ1) is 15.8. The first-order valence-corrected chi connectivity index (χ1v) is 7.86. The SMILES string of the molecule is COCCC(C)(C)CNC1CC(c2ccc(Cl)cc2)C1. The minimum Gasteiger partial charge on any atom is -0.385 e. The maximum absolute atomic E-state index is 5.93. The van der Waals surface area contributed by atoms with Crippen molar-refractivity contribution in [3.63, 3.8) is 0 Å². The molecule has 0 atom stereocenters. The van der Waals surface area contributed by atoms with E-state index in [0.29, 0.717) is 17.4 Å². The van der Waals surface area contributed by atoms with E-state index in [0.717, 1.165) is 24.6 Å². The molecule has 0 amide bonds. The van der Waals surface area contributed by atoms with Gasteiger partial charge in [0.15, 0.2) is 0 Å². The molecule has 1 N–H and O–H groups in total. The molecular formula is C17H26ClNO. The highest BCUT2D eigenvalue weighted by atomic mass is 35.5. The molecule has 3 heteroatoms. The van der Waals surface area contributed by atoms with Gasteiger partial charge in [-0.25, -0.2) is 0 Å². The van der Waals surface area contributed by atoms with E-state index >= 15 is 0 Å². The van der Waals surface area contributed by atoms with Crippen molar-refractivity contribution in [2.75, 3.05) is 20.3 Å². The van der Waals surface area contributed by atoms with Gasteiger partial charge in [0.1, 0.15) is 0 Å². The van der Waals surface area contributed by atoms with Crippen LogP contribution < -0.4 is 5.32 Å². The summed E-state index contributed by atoms with van der Waals surface area (Å²) >= 11 is 5.93. The molecule has 0 radical (unpaired) electrons. The van der Waals surface area contributed by atoms with Crippen molar-refractivity contribution in [2.24, 2.45) is 5.41 Å². The van der Waals surface area contributed by atoms with Crippen molar-refractivity contribution >= 4 is 11.6 Å². The maximum atomic E-state index is 5.93. The Morgan fingerprint density at radius 3 is 2.50 bits per heavy atom. The van der Waals surface area contributed by atoms with Gasteiger partial charge in [-0.1, -0.05) is 37.6 Å². The lowest BCUT2D eigenvalue weighted by Gasteiger charge is -2.38. The maximum Gasteiger partial charge on any atom is 0.0467 e. The molecule has 0 aliphatic heterocycles. The van der Waals surface area contributed by atoms with Crippen molar-refractivity contribution in [3.05, 3.63) is 34.9 Å². The molecule has 0 spiro atoms. The molecule has 1 aliphatic carbocycles. The molecule has 1 aromatic rings. The third-order valence-electron chi connectivity index (χ3n) is 4.33. The molecule has 0 aromatic heterocycles. The summed E-state index contributed by atoms with van der Waals surface area (Å²) in [5, 5.41) is 4.52. The normalized spacial score (nSPS) is 22.6. The molecule has 20 heavy (non-hydrogen) atoms. The van der Waals surface area contributed by atoms with E-state index in [4.69, 9.17) is 16.3 Å². The second kappa shape index (κ2) is 6.93. The van der Waals surface area contributed by atoms with Crippen LogP contribution in [0.2, 0.25) is 5.02 Å². The van der Waals surface area contributed by atoms with Gasteiger partial charge < -0.3 is 10.1 Å². The zero-order valence-electron chi connectivity index (χ0n) is 12.8. The van der Waals surface area contributed by atoms with Crippen LogP contribution in [0, 0.1) is 5.41 Å². The van der Waals surface area contributed by atoms with E-state index in [2.05, 4.69) is 31.3 Å². The zero-order chi connectivity index (χ0) is 14.6. The fourth-order valence-electron chi connectivity index (χ4n) is 2.68. The molecule has 2 rings (SSSR count). The van der Waals surface area contributed by atoms with Crippen LogP contribution >= 0.6 is 11.6 Å². The topological polar surface area (TPSA) is 21.3 Å². The van der Waals surface area contributed by atoms with Crippen molar-refractivity contribution in [3.8, 4) is 0 Å². The van der Waals surface area contributed by atoms with E-state index in [1.165, 1.54) is 18.4 Å². The Bertz CT molecular complexity index is 410. The van der Waals surface area contributed by atoms with Crippen LogP contribution in [0.1, 0.15) is 44.6 Å².